The number of ether oxygens (including phenoxy) is 1. The van der Waals surface area contributed by atoms with Gasteiger partial charge in [0.05, 0.1) is 11.1 Å². The monoisotopic (exact) mass is 252 g/mol. The van der Waals surface area contributed by atoms with Crippen molar-refractivity contribution in [3.05, 3.63) is 11.1 Å². The van der Waals surface area contributed by atoms with Gasteiger partial charge in [0.25, 0.3) is 11.8 Å². The van der Waals surface area contributed by atoms with Gasteiger partial charge >= 0.3 is 0 Å². The molecule has 0 radical (unpaired) electrons. The highest BCUT2D eigenvalue weighted by Gasteiger charge is 2.30. The van der Waals surface area contributed by atoms with Crippen molar-refractivity contribution in [2.45, 2.75) is 0 Å². The molecule has 7 heteroatoms. The minimum Gasteiger partial charge on any atom is -0.384 e. The Labute approximate surface area is 101 Å². The molecule has 0 aliphatic carbocycles. The Morgan fingerprint density at radius 3 is 2.82 bits per heavy atom. The molecule has 0 aromatic carbocycles. The summed E-state index contributed by atoms with van der Waals surface area (Å²) in [6.45, 7) is -0.491. The van der Waals surface area contributed by atoms with Crippen LogP contribution in [0.5, 0.6) is 0 Å². The van der Waals surface area contributed by atoms with Gasteiger partial charge in [-0.2, -0.15) is 0 Å². The van der Waals surface area contributed by atoms with Crippen LogP contribution in [0.4, 0.5) is 5.13 Å². The highest BCUT2D eigenvalue weighted by atomic mass is 32.1. The number of aliphatic hydroxyl groups is 1. The highest BCUT2D eigenvalue weighted by Crippen LogP contribution is 2.23. The van der Waals surface area contributed by atoms with E-state index in [1.54, 1.807) is 0 Å². The number of carbonyl (C=O) groups excluding carboxylic acids is 2. The largest absolute Gasteiger partial charge is 0.384 e. The molecule has 1 aliphatic rings. The van der Waals surface area contributed by atoms with E-state index in [4.69, 9.17) is 9.84 Å². The van der Waals surface area contributed by atoms with Gasteiger partial charge in [0.2, 0.25) is 0 Å². The van der Waals surface area contributed by atoms with Crippen LogP contribution in [0.25, 0.3) is 0 Å². The quantitative estimate of drug-likeness (QED) is 0.532. The average Bonchev–Trinajstić information content (AvgIpc) is 2.75. The Morgan fingerprint density at radius 2 is 2.18 bits per heavy atom. The molecule has 88 valence electrons. The Bertz CT molecular complexity index is 498. The molecule has 1 N–H and O–H groups in total. The topological polar surface area (TPSA) is 79.7 Å². The predicted octanol–water partition coefficient (Wildman–Crippen LogP) is -0.623. The van der Waals surface area contributed by atoms with Crippen LogP contribution in [-0.2, 0) is 14.3 Å². The average molecular weight is 252 g/mol. The molecule has 2 heterocycles. The van der Waals surface area contributed by atoms with Crippen molar-refractivity contribution in [2.75, 3.05) is 24.7 Å². The zero-order chi connectivity index (χ0) is 12.3. The van der Waals surface area contributed by atoms with Gasteiger partial charge < -0.3 is 9.84 Å². The summed E-state index contributed by atoms with van der Waals surface area (Å²) in [4.78, 5) is 28.5. The number of imide groups is 1. The number of nitrogens with zero attached hydrogens (tertiary/aromatic N) is 2. The molecule has 2 rings (SSSR count). The van der Waals surface area contributed by atoms with Crippen LogP contribution in [0.2, 0.25) is 0 Å². The van der Waals surface area contributed by atoms with Crippen molar-refractivity contribution in [2.24, 2.45) is 0 Å². The van der Waals surface area contributed by atoms with Crippen molar-refractivity contribution in [3.63, 3.8) is 0 Å². The summed E-state index contributed by atoms with van der Waals surface area (Å²) in [5.74, 6) is 4.26. The third-order valence-corrected chi connectivity index (χ3v) is 2.82. The number of thiazole rings is 1. The number of hydrogen-bond acceptors (Lipinski definition) is 6. The Balaban J connectivity index is 2.24. The number of aromatic nitrogens is 1. The number of amides is 2. The third-order valence-electron chi connectivity index (χ3n) is 1.93. The molecule has 0 bridgehead atoms. The zero-order valence-electron chi connectivity index (χ0n) is 8.67. The Morgan fingerprint density at radius 1 is 1.47 bits per heavy atom. The molecule has 6 nitrogen and oxygen atoms in total. The van der Waals surface area contributed by atoms with Gasteiger partial charge in [0.1, 0.15) is 19.8 Å². The molecule has 0 atom stereocenters. The molecule has 0 spiro atoms. The first-order chi connectivity index (χ1) is 8.22. The minimum atomic E-state index is -0.433. The van der Waals surface area contributed by atoms with Crippen molar-refractivity contribution in [1.29, 1.82) is 0 Å². The minimum absolute atomic E-state index is 0.122. The van der Waals surface area contributed by atoms with E-state index >= 15 is 0 Å². The SMILES string of the molecule is O=C1COCC(=O)N1c1ncc(C#CCO)s1. The number of anilines is 1. The molecular weight excluding hydrogens is 244 g/mol. The molecule has 1 aromatic heterocycles. The lowest BCUT2D eigenvalue weighted by Gasteiger charge is -2.21. The molecule has 1 saturated heterocycles. The number of aliphatic hydroxyl groups excluding tert-OH is 1. The summed E-state index contributed by atoms with van der Waals surface area (Å²) in [6.07, 6.45) is 1.46. The van der Waals surface area contributed by atoms with Gasteiger partial charge in [-0.15, -0.1) is 0 Å². The van der Waals surface area contributed by atoms with E-state index in [0.29, 0.717) is 4.88 Å². The first kappa shape index (κ1) is 11.7. The van der Waals surface area contributed by atoms with Crippen LogP contribution >= 0.6 is 11.3 Å². The van der Waals surface area contributed by atoms with Gasteiger partial charge in [-0.25, -0.2) is 9.88 Å². The summed E-state index contributed by atoms with van der Waals surface area (Å²) in [7, 11) is 0. The molecule has 2 amide bonds. The third kappa shape index (κ3) is 2.50. The lowest BCUT2D eigenvalue weighted by Crippen LogP contribution is -2.46. The molecule has 17 heavy (non-hydrogen) atoms. The summed E-state index contributed by atoms with van der Waals surface area (Å²) in [5.41, 5.74) is 0. The lowest BCUT2D eigenvalue weighted by molar-refractivity contribution is -0.138. The molecule has 0 saturated carbocycles. The molecular formula is C10H8N2O4S. The van der Waals surface area contributed by atoms with Crippen LogP contribution in [0, 0.1) is 11.8 Å². The smallest absolute Gasteiger partial charge is 0.261 e. The van der Waals surface area contributed by atoms with Crippen molar-refractivity contribution in [3.8, 4) is 11.8 Å². The summed E-state index contributed by atoms with van der Waals surface area (Å²) < 4.78 is 4.79. The maximum atomic E-state index is 11.5. The predicted molar refractivity (Wildman–Crippen MR) is 59.4 cm³/mol. The maximum Gasteiger partial charge on any atom is 0.261 e. The van der Waals surface area contributed by atoms with Crippen LogP contribution in [0.15, 0.2) is 6.20 Å². The van der Waals surface area contributed by atoms with Crippen LogP contribution < -0.4 is 4.90 Å². The van der Waals surface area contributed by atoms with Gasteiger partial charge in [0.15, 0.2) is 5.13 Å². The van der Waals surface area contributed by atoms with E-state index in [1.165, 1.54) is 6.20 Å². The fraction of sp³-hybridized carbons (Fsp3) is 0.300. The van der Waals surface area contributed by atoms with Crippen LogP contribution in [-0.4, -0.2) is 41.7 Å². The fourth-order valence-corrected chi connectivity index (χ4v) is 2.09. The molecule has 1 fully saturated rings. The molecule has 1 aromatic rings. The van der Waals surface area contributed by atoms with Crippen LogP contribution in [0.1, 0.15) is 4.88 Å². The van der Waals surface area contributed by atoms with Crippen molar-refractivity contribution in [1.82, 2.24) is 4.98 Å². The van der Waals surface area contributed by atoms with E-state index < -0.39 is 11.8 Å². The van der Waals surface area contributed by atoms with E-state index in [2.05, 4.69) is 16.8 Å². The number of morpholine rings is 1. The van der Waals surface area contributed by atoms with E-state index in [1.807, 2.05) is 0 Å². The second-order valence-corrected chi connectivity index (χ2v) is 4.09. The lowest BCUT2D eigenvalue weighted by atomic mass is 10.4. The van der Waals surface area contributed by atoms with E-state index in [0.717, 1.165) is 16.2 Å². The summed E-state index contributed by atoms with van der Waals surface area (Å²) in [6, 6.07) is 0. The van der Waals surface area contributed by atoms with Crippen molar-refractivity contribution >= 4 is 28.3 Å². The molecule has 1 aliphatic heterocycles. The van der Waals surface area contributed by atoms with E-state index in [-0.39, 0.29) is 25.0 Å². The number of hydrogen-bond donors (Lipinski definition) is 1. The van der Waals surface area contributed by atoms with Crippen LogP contribution in [0.3, 0.4) is 0 Å². The summed E-state index contributed by atoms with van der Waals surface area (Å²) in [5, 5.41) is 8.83. The maximum absolute atomic E-state index is 11.5. The Kier molecular flexibility index (Phi) is 3.49. The standard InChI is InChI=1S/C10H8N2O4S/c13-3-1-2-7-4-11-10(17-7)12-8(14)5-16-6-9(12)15/h4,13H,3,5-6H2. The zero-order valence-corrected chi connectivity index (χ0v) is 9.49. The second kappa shape index (κ2) is 5.05. The number of rotatable bonds is 1. The highest BCUT2D eigenvalue weighted by molar-refractivity contribution is 7.16. The first-order valence-electron chi connectivity index (χ1n) is 4.71. The molecule has 0 unspecified atom stereocenters. The first-order valence-corrected chi connectivity index (χ1v) is 5.53. The van der Waals surface area contributed by atoms with E-state index in [9.17, 15) is 9.59 Å². The number of carbonyl (C=O) groups is 2. The van der Waals surface area contributed by atoms with Gasteiger partial charge in [-0.3, -0.25) is 9.59 Å². The van der Waals surface area contributed by atoms with Gasteiger partial charge in [0, 0.05) is 0 Å². The second-order valence-electron chi connectivity index (χ2n) is 3.08. The van der Waals surface area contributed by atoms with Crippen molar-refractivity contribution < 1.29 is 19.4 Å². The van der Waals surface area contributed by atoms with Gasteiger partial charge in [-0.1, -0.05) is 23.2 Å². The summed E-state index contributed by atoms with van der Waals surface area (Å²) >= 11 is 1.12. The normalized spacial score (nSPS) is 15.7. The Hall–Kier alpha value is -1.75. The van der Waals surface area contributed by atoms with Gasteiger partial charge in [-0.05, 0) is 0 Å². The fourth-order valence-electron chi connectivity index (χ4n) is 1.26.